The fraction of sp³-hybridized carbons (Fsp3) is 0.533. The number of nitrogens with zero attached hydrogens (tertiary/aromatic N) is 1. The lowest BCUT2D eigenvalue weighted by Gasteiger charge is -2.23. The summed E-state index contributed by atoms with van der Waals surface area (Å²) in [5.41, 5.74) is 1.03. The summed E-state index contributed by atoms with van der Waals surface area (Å²) in [6, 6.07) is 4.68. The van der Waals surface area contributed by atoms with Crippen molar-refractivity contribution in [3.8, 4) is 0 Å². The molecule has 1 aromatic carbocycles. The molecule has 1 saturated carbocycles. The normalized spacial score (nSPS) is 15.0. The molecule has 21 heavy (non-hydrogen) atoms. The zero-order valence-corrected chi connectivity index (χ0v) is 13.3. The van der Waals surface area contributed by atoms with Crippen molar-refractivity contribution < 1.29 is 13.2 Å². The van der Waals surface area contributed by atoms with E-state index in [4.69, 9.17) is 5.14 Å². The summed E-state index contributed by atoms with van der Waals surface area (Å²) in [6.07, 6.45) is 3.13. The molecule has 5 nitrogen and oxygen atoms in total. The van der Waals surface area contributed by atoms with Crippen molar-refractivity contribution in [3.63, 3.8) is 0 Å². The first-order valence-corrected chi connectivity index (χ1v) is 8.80. The number of amides is 1. The Morgan fingerprint density at radius 2 is 2.05 bits per heavy atom. The number of sulfonamides is 1. The minimum atomic E-state index is -3.90. The van der Waals surface area contributed by atoms with Crippen LogP contribution in [0.25, 0.3) is 0 Å². The van der Waals surface area contributed by atoms with E-state index in [1.54, 1.807) is 17.0 Å². The Hall–Kier alpha value is -1.40. The second-order valence-electron chi connectivity index (χ2n) is 5.74. The number of carbonyl (C=O) groups excluding carboxylic acids is 1. The molecule has 1 amide bonds. The smallest absolute Gasteiger partial charge is 0.255 e. The predicted molar refractivity (Wildman–Crippen MR) is 81.5 cm³/mol. The van der Waals surface area contributed by atoms with Gasteiger partial charge in [0, 0.05) is 13.1 Å². The Bertz CT molecular complexity index is 636. The van der Waals surface area contributed by atoms with Crippen molar-refractivity contribution in [2.75, 3.05) is 13.1 Å². The monoisotopic (exact) mass is 310 g/mol. The highest BCUT2D eigenvalue weighted by Crippen LogP contribution is 2.30. The SMILES string of the molecule is CCCN(CC1CC1)C(=O)c1cc(C)ccc1S(N)(=O)=O. The van der Waals surface area contributed by atoms with Crippen molar-refractivity contribution in [1.29, 1.82) is 0 Å². The van der Waals surface area contributed by atoms with E-state index in [0.717, 1.165) is 24.8 Å². The van der Waals surface area contributed by atoms with Crippen LogP contribution in [-0.2, 0) is 10.0 Å². The van der Waals surface area contributed by atoms with Crippen LogP contribution in [0.4, 0.5) is 0 Å². The van der Waals surface area contributed by atoms with E-state index in [9.17, 15) is 13.2 Å². The van der Waals surface area contributed by atoms with Crippen molar-refractivity contribution in [2.24, 2.45) is 11.1 Å². The number of hydrogen-bond donors (Lipinski definition) is 1. The number of benzene rings is 1. The molecule has 0 unspecified atom stereocenters. The van der Waals surface area contributed by atoms with Gasteiger partial charge in [-0.15, -0.1) is 0 Å². The molecule has 0 bridgehead atoms. The Morgan fingerprint density at radius 1 is 1.38 bits per heavy atom. The molecule has 0 aromatic heterocycles. The fourth-order valence-electron chi connectivity index (χ4n) is 2.39. The van der Waals surface area contributed by atoms with Crippen LogP contribution in [0.15, 0.2) is 23.1 Å². The van der Waals surface area contributed by atoms with Crippen molar-refractivity contribution in [2.45, 2.75) is 38.0 Å². The molecule has 1 fully saturated rings. The molecule has 6 heteroatoms. The van der Waals surface area contributed by atoms with Crippen molar-refractivity contribution in [3.05, 3.63) is 29.3 Å². The molecule has 0 saturated heterocycles. The van der Waals surface area contributed by atoms with Crippen LogP contribution in [0, 0.1) is 12.8 Å². The molecular weight excluding hydrogens is 288 g/mol. The topological polar surface area (TPSA) is 80.5 Å². The summed E-state index contributed by atoms with van der Waals surface area (Å²) in [5, 5.41) is 5.23. The number of hydrogen-bond acceptors (Lipinski definition) is 3. The zero-order valence-electron chi connectivity index (χ0n) is 12.5. The maximum absolute atomic E-state index is 12.7. The minimum absolute atomic E-state index is 0.0880. The van der Waals surface area contributed by atoms with Gasteiger partial charge in [0.1, 0.15) is 0 Å². The number of aryl methyl sites for hydroxylation is 1. The highest BCUT2D eigenvalue weighted by Gasteiger charge is 2.29. The lowest BCUT2D eigenvalue weighted by Crippen LogP contribution is -2.35. The third kappa shape index (κ3) is 4.04. The summed E-state index contributed by atoms with van der Waals surface area (Å²) in [6.45, 7) is 5.16. The van der Waals surface area contributed by atoms with Gasteiger partial charge in [-0.1, -0.05) is 18.6 Å². The molecule has 1 aliphatic carbocycles. The second-order valence-corrected chi connectivity index (χ2v) is 7.27. The predicted octanol–water partition coefficient (Wildman–Crippen LogP) is 1.90. The first-order chi connectivity index (χ1) is 9.82. The molecule has 0 spiro atoms. The molecular formula is C15H22N2O3S. The summed E-state index contributed by atoms with van der Waals surface area (Å²) in [4.78, 5) is 14.4. The third-order valence-electron chi connectivity index (χ3n) is 3.63. The van der Waals surface area contributed by atoms with Crippen molar-refractivity contribution in [1.82, 2.24) is 4.90 Å². The summed E-state index contributed by atoms with van der Waals surface area (Å²) >= 11 is 0. The van der Waals surface area contributed by atoms with Crippen LogP contribution in [0.1, 0.15) is 42.1 Å². The number of nitrogens with two attached hydrogens (primary N) is 1. The molecule has 0 atom stereocenters. The summed E-state index contributed by atoms with van der Waals surface area (Å²) < 4.78 is 23.4. The average molecular weight is 310 g/mol. The maximum atomic E-state index is 12.7. The summed E-state index contributed by atoms with van der Waals surface area (Å²) in [7, 11) is -3.90. The Labute approximate surface area is 126 Å². The quantitative estimate of drug-likeness (QED) is 0.871. The van der Waals surface area contributed by atoms with Crippen LogP contribution in [-0.4, -0.2) is 32.3 Å². The molecule has 116 valence electrons. The van der Waals surface area contributed by atoms with Gasteiger partial charge in [0.2, 0.25) is 10.0 Å². The van der Waals surface area contributed by atoms with Gasteiger partial charge in [-0.25, -0.2) is 13.6 Å². The van der Waals surface area contributed by atoms with Gasteiger partial charge in [0.05, 0.1) is 10.5 Å². The highest BCUT2D eigenvalue weighted by atomic mass is 32.2. The van der Waals surface area contributed by atoms with Crippen LogP contribution in [0.2, 0.25) is 0 Å². The van der Waals surface area contributed by atoms with Gasteiger partial charge in [0.25, 0.3) is 5.91 Å². The Morgan fingerprint density at radius 3 is 2.57 bits per heavy atom. The lowest BCUT2D eigenvalue weighted by molar-refractivity contribution is 0.0743. The van der Waals surface area contributed by atoms with Crippen LogP contribution in [0.3, 0.4) is 0 Å². The number of carbonyl (C=O) groups is 1. The molecule has 2 rings (SSSR count). The fourth-order valence-corrected chi connectivity index (χ4v) is 3.10. The molecule has 1 aliphatic rings. The zero-order chi connectivity index (χ0) is 15.6. The molecule has 1 aromatic rings. The molecule has 0 radical (unpaired) electrons. The van der Waals surface area contributed by atoms with Crippen LogP contribution < -0.4 is 5.14 Å². The number of primary sulfonamides is 1. The molecule has 2 N–H and O–H groups in total. The van der Waals surface area contributed by atoms with Crippen LogP contribution >= 0.6 is 0 Å². The average Bonchev–Trinajstić information content (AvgIpc) is 3.20. The van der Waals surface area contributed by atoms with Gasteiger partial charge in [-0.05, 0) is 44.2 Å². The van der Waals surface area contributed by atoms with Gasteiger partial charge >= 0.3 is 0 Å². The third-order valence-corrected chi connectivity index (χ3v) is 4.60. The Balaban J connectivity index is 2.37. The highest BCUT2D eigenvalue weighted by molar-refractivity contribution is 7.89. The first-order valence-electron chi connectivity index (χ1n) is 7.25. The standard InChI is InChI=1S/C15H22N2O3S/c1-3-8-17(10-12-5-6-12)15(18)13-9-11(2)4-7-14(13)21(16,19)20/h4,7,9,12H,3,5-6,8,10H2,1-2H3,(H2,16,19,20). The van der Waals surface area contributed by atoms with Gasteiger partial charge < -0.3 is 4.90 Å². The minimum Gasteiger partial charge on any atom is -0.338 e. The van der Waals surface area contributed by atoms with Crippen LogP contribution in [0.5, 0.6) is 0 Å². The Kier molecular flexibility index (Phi) is 4.68. The summed E-state index contributed by atoms with van der Waals surface area (Å²) in [5.74, 6) is 0.319. The van der Waals surface area contributed by atoms with Gasteiger partial charge in [-0.3, -0.25) is 4.79 Å². The molecule has 0 aliphatic heterocycles. The van der Waals surface area contributed by atoms with Crippen molar-refractivity contribution >= 4 is 15.9 Å². The van der Waals surface area contributed by atoms with Gasteiger partial charge in [-0.2, -0.15) is 0 Å². The van der Waals surface area contributed by atoms with Gasteiger partial charge in [0.15, 0.2) is 0 Å². The van der Waals surface area contributed by atoms with E-state index < -0.39 is 10.0 Å². The largest absolute Gasteiger partial charge is 0.338 e. The van der Waals surface area contributed by atoms with E-state index >= 15 is 0 Å². The lowest BCUT2D eigenvalue weighted by atomic mass is 10.1. The maximum Gasteiger partial charge on any atom is 0.255 e. The van der Waals surface area contributed by atoms with E-state index in [1.807, 2.05) is 13.8 Å². The van der Waals surface area contributed by atoms with E-state index in [-0.39, 0.29) is 16.4 Å². The molecule has 0 heterocycles. The first kappa shape index (κ1) is 16.0. The van der Waals surface area contributed by atoms with E-state index in [0.29, 0.717) is 19.0 Å². The van der Waals surface area contributed by atoms with E-state index in [2.05, 4.69) is 0 Å². The number of rotatable bonds is 6. The van der Waals surface area contributed by atoms with E-state index in [1.165, 1.54) is 6.07 Å². The second kappa shape index (κ2) is 6.15.